The molecule has 11 heteroatoms. The second-order valence-electron chi connectivity index (χ2n) is 11.2. The van der Waals surface area contributed by atoms with Crippen molar-refractivity contribution in [3.63, 3.8) is 0 Å². The number of carbonyl (C=O) groups excluding carboxylic acids is 4. The Labute approximate surface area is 256 Å². The van der Waals surface area contributed by atoms with E-state index in [0.29, 0.717) is 54.3 Å². The van der Waals surface area contributed by atoms with Gasteiger partial charge in [0.15, 0.2) is 6.61 Å². The van der Waals surface area contributed by atoms with E-state index in [0.717, 1.165) is 36.8 Å². The molecule has 1 heterocycles. The maximum atomic E-state index is 13.4. The van der Waals surface area contributed by atoms with Crippen molar-refractivity contribution in [1.29, 1.82) is 0 Å². The fourth-order valence-electron chi connectivity index (χ4n) is 4.95. The molecular weight excluding hydrogens is 560 g/mol. The highest BCUT2D eigenvalue weighted by Crippen LogP contribution is 2.33. The normalized spacial score (nSPS) is 14.5. The van der Waals surface area contributed by atoms with Crippen molar-refractivity contribution >= 4 is 35.0 Å². The minimum atomic E-state index is -0.556. The van der Waals surface area contributed by atoms with Crippen LogP contribution in [0.1, 0.15) is 63.9 Å². The number of rotatable bonds is 13. The highest BCUT2D eigenvalue weighted by atomic mass is 16.5. The van der Waals surface area contributed by atoms with Crippen LogP contribution in [-0.4, -0.2) is 53.8 Å². The van der Waals surface area contributed by atoms with Crippen LogP contribution in [0.25, 0.3) is 0 Å². The van der Waals surface area contributed by atoms with Crippen molar-refractivity contribution in [2.45, 2.75) is 57.3 Å². The number of unbranched alkanes of at least 4 members (excludes halogenated alkanes) is 1. The Bertz CT molecular complexity index is 1500. The van der Waals surface area contributed by atoms with Gasteiger partial charge in [-0.1, -0.05) is 30.7 Å². The van der Waals surface area contributed by atoms with Gasteiger partial charge in [0.25, 0.3) is 17.7 Å². The zero-order valence-electron chi connectivity index (χ0n) is 24.5. The Morgan fingerprint density at radius 2 is 1.66 bits per heavy atom. The standard InChI is InChI=1S/C33H38N6O5/c34-16-2-1-3-27(35)32(42)36-18-21-6-11-25(12-7-21)37-31(41)23-8-4-22(5-9-23)19-39(26-13-14-26)33(43)24-10-15-28-29(17-24)44-20-30(40)38-28/h4-12,15,17,26-27H,1-3,13-14,16,18-20,34-35H2,(H,36,42)(H,37,41)(H,38,40). The van der Waals surface area contributed by atoms with Crippen LogP contribution in [-0.2, 0) is 22.7 Å². The van der Waals surface area contributed by atoms with Gasteiger partial charge in [-0.2, -0.15) is 0 Å². The average molecular weight is 599 g/mol. The Balaban J connectivity index is 1.13. The molecule has 0 radical (unpaired) electrons. The van der Waals surface area contributed by atoms with Gasteiger partial charge in [-0.05, 0) is 85.8 Å². The summed E-state index contributed by atoms with van der Waals surface area (Å²) in [5.41, 5.74) is 15.4. The summed E-state index contributed by atoms with van der Waals surface area (Å²) >= 11 is 0. The van der Waals surface area contributed by atoms with Gasteiger partial charge in [0.05, 0.1) is 11.7 Å². The fraction of sp³-hybridized carbons (Fsp3) is 0.333. The molecule has 3 aromatic carbocycles. The monoisotopic (exact) mass is 598 g/mol. The van der Waals surface area contributed by atoms with E-state index < -0.39 is 6.04 Å². The lowest BCUT2D eigenvalue weighted by Gasteiger charge is -2.24. The molecule has 230 valence electrons. The summed E-state index contributed by atoms with van der Waals surface area (Å²) in [5, 5.41) is 8.48. The maximum Gasteiger partial charge on any atom is 0.262 e. The molecule has 44 heavy (non-hydrogen) atoms. The molecule has 4 amide bonds. The van der Waals surface area contributed by atoms with Gasteiger partial charge in [-0.25, -0.2) is 0 Å². The molecule has 1 atom stereocenters. The van der Waals surface area contributed by atoms with E-state index in [1.807, 2.05) is 29.2 Å². The second kappa shape index (κ2) is 14.2. The van der Waals surface area contributed by atoms with Crippen LogP contribution < -0.4 is 32.2 Å². The molecule has 7 N–H and O–H groups in total. The van der Waals surface area contributed by atoms with Crippen LogP contribution >= 0.6 is 0 Å². The number of nitrogens with two attached hydrogens (primary N) is 2. The topological polar surface area (TPSA) is 169 Å². The van der Waals surface area contributed by atoms with Crippen LogP contribution in [0, 0.1) is 0 Å². The molecule has 1 aliphatic heterocycles. The van der Waals surface area contributed by atoms with Crippen molar-refractivity contribution in [3.05, 3.63) is 89.0 Å². The third kappa shape index (κ3) is 8.00. The minimum absolute atomic E-state index is 0.0754. The molecule has 1 unspecified atom stereocenters. The summed E-state index contributed by atoms with van der Waals surface area (Å²) < 4.78 is 5.48. The molecule has 1 aliphatic carbocycles. The van der Waals surface area contributed by atoms with Crippen molar-refractivity contribution in [3.8, 4) is 5.75 Å². The number of amides is 4. The molecular formula is C33H38N6O5. The van der Waals surface area contributed by atoms with Crippen LogP contribution in [0.15, 0.2) is 66.7 Å². The lowest BCUT2D eigenvalue weighted by molar-refractivity contribution is -0.122. The quantitative estimate of drug-likeness (QED) is 0.188. The first kappa shape index (κ1) is 30.7. The first-order chi connectivity index (χ1) is 21.3. The number of benzene rings is 3. The number of hydrogen-bond acceptors (Lipinski definition) is 7. The van der Waals surface area contributed by atoms with Gasteiger partial charge in [0.2, 0.25) is 5.91 Å². The van der Waals surface area contributed by atoms with E-state index in [1.54, 1.807) is 42.5 Å². The third-order valence-electron chi connectivity index (χ3n) is 7.66. The number of nitrogens with one attached hydrogen (secondary N) is 3. The average Bonchev–Trinajstić information content (AvgIpc) is 3.88. The van der Waals surface area contributed by atoms with E-state index in [1.165, 1.54) is 0 Å². The van der Waals surface area contributed by atoms with Gasteiger partial charge >= 0.3 is 0 Å². The van der Waals surface area contributed by atoms with Crippen LogP contribution in [0.4, 0.5) is 11.4 Å². The number of fused-ring (bicyclic) bond motifs is 1. The summed E-state index contributed by atoms with van der Waals surface area (Å²) in [6, 6.07) is 19.1. The van der Waals surface area contributed by atoms with Crippen molar-refractivity contribution in [2.24, 2.45) is 11.5 Å². The van der Waals surface area contributed by atoms with E-state index in [-0.39, 0.29) is 36.3 Å². The molecule has 1 fully saturated rings. The highest BCUT2D eigenvalue weighted by molar-refractivity contribution is 6.04. The van der Waals surface area contributed by atoms with E-state index >= 15 is 0 Å². The highest BCUT2D eigenvalue weighted by Gasteiger charge is 2.33. The molecule has 0 bridgehead atoms. The van der Waals surface area contributed by atoms with Crippen LogP contribution in [0.3, 0.4) is 0 Å². The van der Waals surface area contributed by atoms with Gasteiger partial charge in [-0.3, -0.25) is 19.2 Å². The first-order valence-electron chi connectivity index (χ1n) is 14.9. The first-order valence-corrected chi connectivity index (χ1v) is 14.9. The Kier molecular flexibility index (Phi) is 9.88. The summed E-state index contributed by atoms with van der Waals surface area (Å²) in [5.74, 6) is -0.294. The fourth-order valence-corrected chi connectivity index (χ4v) is 4.95. The number of nitrogens with zero attached hydrogens (tertiary/aromatic N) is 1. The van der Waals surface area contributed by atoms with E-state index in [4.69, 9.17) is 16.2 Å². The molecule has 3 aromatic rings. The second-order valence-corrected chi connectivity index (χ2v) is 11.2. The molecule has 1 saturated carbocycles. The minimum Gasteiger partial charge on any atom is -0.482 e. The lowest BCUT2D eigenvalue weighted by atomic mass is 10.1. The number of anilines is 2. The molecule has 0 spiro atoms. The molecule has 0 aromatic heterocycles. The van der Waals surface area contributed by atoms with E-state index in [9.17, 15) is 19.2 Å². The van der Waals surface area contributed by atoms with Crippen LogP contribution in [0.5, 0.6) is 5.75 Å². The number of ether oxygens (including phenoxy) is 1. The third-order valence-corrected chi connectivity index (χ3v) is 7.66. The van der Waals surface area contributed by atoms with Crippen LogP contribution in [0.2, 0.25) is 0 Å². The summed E-state index contributed by atoms with van der Waals surface area (Å²) in [7, 11) is 0. The summed E-state index contributed by atoms with van der Waals surface area (Å²) in [4.78, 5) is 51.9. The summed E-state index contributed by atoms with van der Waals surface area (Å²) in [6.45, 7) is 1.27. The largest absolute Gasteiger partial charge is 0.482 e. The molecule has 5 rings (SSSR count). The lowest BCUT2D eigenvalue weighted by Crippen LogP contribution is -2.40. The number of carbonyl (C=O) groups is 4. The Hall–Kier alpha value is -4.74. The molecule has 11 nitrogen and oxygen atoms in total. The molecule has 0 saturated heterocycles. The summed E-state index contributed by atoms with van der Waals surface area (Å²) in [6.07, 6.45) is 4.14. The Morgan fingerprint density at radius 1 is 0.955 bits per heavy atom. The van der Waals surface area contributed by atoms with Crippen molar-refractivity contribution in [2.75, 3.05) is 23.8 Å². The predicted molar refractivity (Wildman–Crippen MR) is 167 cm³/mol. The van der Waals surface area contributed by atoms with Gasteiger partial charge in [0.1, 0.15) is 5.75 Å². The Morgan fingerprint density at radius 3 is 2.36 bits per heavy atom. The smallest absolute Gasteiger partial charge is 0.262 e. The van der Waals surface area contributed by atoms with Gasteiger partial charge in [-0.15, -0.1) is 0 Å². The maximum absolute atomic E-state index is 13.4. The SMILES string of the molecule is NCCCCC(N)C(=O)NCc1ccc(NC(=O)c2ccc(CN(C(=O)c3ccc4c(c3)OCC(=O)N4)C3CC3)cc2)cc1. The van der Waals surface area contributed by atoms with Gasteiger partial charge in [0, 0.05) is 35.9 Å². The van der Waals surface area contributed by atoms with Gasteiger partial charge < -0.3 is 37.1 Å². The van der Waals surface area contributed by atoms with E-state index in [2.05, 4.69) is 16.0 Å². The zero-order valence-corrected chi connectivity index (χ0v) is 24.5. The molecule has 2 aliphatic rings. The van der Waals surface area contributed by atoms with Crippen molar-refractivity contribution < 1.29 is 23.9 Å². The zero-order chi connectivity index (χ0) is 31.1. The van der Waals surface area contributed by atoms with Crippen molar-refractivity contribution in [1.82, 2.24) is 10.2 Å². The number of hydrogen-bond donors (Lipinski definition) is 5. The predicted octanol–water partition coefficient (Wildman–Crippen LogP) is 3.15.